The molecule has 5 nitrogen and oxygen atoms in total. The van der Waals surface area contributed by atoms with E-state index in [-0.39, 0.29) is 17.1 Å². The van der Waals surface area contributed by atoms with E-state index in [1.54, 1.807) is 4.68 Å². The molecule has 0 radical (unpaired) electrons. The molecule has 2 heterocycles. The van der Waals surface area contributed by atoms with Crippen molar-refractivity contribution in [1.29, 1.82) is 5.26 Å². The maximum atomic E-state index is 12.5. The molecule has 5 heteroatoms. The number of nitrogens with one attached hydrogen (secondary N) is 1. The molecule has 21 heavy (non-hydrogen) atoms. The molecule has 1 aromatic rings. The van der Waals surface area contributed by atoms with Gasteiger partial charge >= 0.3 is 0 Å². The van der Waals surface area contributed by atoms with Gasteiger partial charge in [-0.2, -0.15) is 5.26 Å². The van der Waals surface area contributed by atoms with Gasteiger partial charge in [0.15, 0.2) is 0 Å². The summed E-state index contributed by atoms with van der Waals surface area (Å²) in [6.07, 6.45) is 4.24. The van der Waals surface area contributed by atoms with Gasteiger partial charge in [-0.25, -0.2) is 0 Å². The van der Waals surface area contributed by atoms with E-state index in [0.717, 1.165) is 37.1 Å². The minimum atomic E-state index is -0.126. The van der Waals surface area contributed by atoms with Gasteiger partial charge in [-0.1, -0.05) is 20.8 Å². The van der Waals surface area contributed by atoms with E-state index in [1.807, 2.05) is 0 Å². The predicted molar refractivity (Wildman–Crippen MR) is 81.3 cm³/mol. The van der Waals surface area contributed by atoms with E-state index in [1.165, 1.54) is 0 Å². The quantitative estimate of drug-likeness (QED) is 0.906. The maximum Gasteiger partial charge on any atom is 0.269 e. The zero-order chi connectivity index (χ0) is 15.5. The van der Waals surface area contributed by atoms with Gasteiger partial charge in [0.25, 0.3) is 5.56 Å². The number of nitriles is 1. The first-order chi connectivity index (χ1) is 9.93. The van der Waals surface area contributed by atoms with Gasteiger partial charge < -0.3 is 4.74 Å². The highest BCUT2D eigenvalue weighted by atomic mass is 16.5. The molecule has 0 aliphatic carbocycles. The first kappa shape index (κ1) is 15.8. The number of aryl methyl sites for hydroxylation is 1. The monoisotopic (exact) mass is 291 g/mol. The molecule has 116 valence electrons. The number of hydrogen-bond donors (Lipinski definition) is 1. The molecule has 1 aliphatic heterocycles. The number of hydrogen-bond acceptors (Lipinski definition) is 3. The Morgan fingerprint density at radius 3 is 2.81 bits per heavy atom. The fourth-order valence-corrected chi connectivity index (χ4v) is 2.86. The third kappa shape index (κ3) is 3.76. The lowest BCUT2D eigenvalue weighted by Gasteiger charge is -2.18. The van der Waals surface area contributed by atoms with Crippen molar-refractivity contribution in [2.75, 3.05) is 6.61 Å². The Morgan fingerprint density at radius 1 is 1.48 bits per heavy atom. The van der Waals surface area contributed by atoms with Gasteiger partial charge in [-0.05, 0) is 25.7 Å². The third-order valence-corrected chi connectivity index (χ3v) is 3.99. The predicted octanol–water partition coefficient (Wildman–Crippen LogP) is 2.50. The van der Waals surface area contributed by atoms with Crippen LogP contribution in [-0.4, -0.2) is 22.5 Å². The Labute approximate surface area is 125 Å². The molecule has 1 fully saturated rings. The normalized spacial score (nSPS) is 18.9. The Balaban J connectivity index is 2.19. The Kier molecular flexibility index (Phi) is 4.89. The smallest absolute Gasteiger partial charge is 0.269 e. The average Bonchev–Trinajstić information content (AvgIpc) is 3.02. The van der Waals surface area contributed by atoms with E-state index < -0.39 is 0 Å². The minimum Gasteiger partial charge on any atom is -0.378 e. The van der Waals surface area contributed by atoms with Crippen molar-refractivity contribution in [3.05, 3.63) is 21.6 Å². The molecule has 0 amide bonds. The summed E-state index contributed by atoms with van der Waals surface area (Å²) in [6.45, 7) is 7.74. The second kappa shape index (κ2) is 6.48. The molecule has 1 saturated heterocycles. The second-order valence-electron chi connectivity index (χ2n) is 6.75. The SMILES string of the molecule is CC(C)(C)c1[nH]n(CC[C@@H]2CCCO2)c(=O)c1CCC#N. The van der Waals surface area contributed by atoms with Crippen LogP contribution in [-0.2, 0) is 23.1 Å². The topological polar surface area (TPSA) is 70.8 Å². The van der Waals surface area contributed by atoms with Crippen LogP contribution >= 0.6 is 0 Å². The summed E-state index contributed by atoms with van der Waals surface area (Å²) >= 11 is 0. The Hall–Kier alpha value is -1.54. The van der Waals surface area contributed by atoms with Crippen molar-refractivity contribution in [3.8, 4) is 6.07 Å². The number of H-pyrrole nitrogens is 1. The average molecular weight is 291 g/mol. The fraction of sp³-hybridized carbons (Fsp3) is 0.750. The fourth-order valence-electron chi connectivity index (χ4n) is 2.86. The van der Waals surface area contributed by atoms with Crippen LogP contribution in [0.4, 0.5) is 0 Å². The van der Waals surface area contributed by atoms with Crippen LogP contribution in [0.1, 0.15) is 57.7 Å². The van der Waals surface area contributed by atoms with Crippen molar-refractivity contribution >= 4 is 0 Å². The highest BCUT2D eigenvalue weighted by molar-refractivity contribution is 5.25. The van der Waals surface area contributed by atoms with E-state index in [9.17, 15) is 4.79 Å². The summed E-state index contributed by atoms with van der Waals surface area (Å²) in [5, 5.41) is 12.0. The van der Waals surface area contributed by atoms with Crippen LogP contribution in [0.2, 0.25) is 0 Å². The lowest BCUT2D eigenvalue weighted by Crippen LogP contribution is -2.22. The summed E-state index contributed by atoms with van der Waals surface area (Å²) in [5.74, 6) is 0. The van der Waals surface area contributed by atoms with E-state index in [0.29, 0.717) is 19.4 Å². The minimum absolute atomic E-state index is 0.0215. The summed E-state index contributed by atoms with van der Waals surface area (Å²) in [6, 6.07) is 2.13. The molecule has 0 saturated carbocycles. The molecule has 1 N–H and O–H groups in total. The van der Waals surface area contributed by atoms with Crippen molar-refractivity contribution in [2.24, 2.45) is 0 Å². The molecule has 2 rings (SSSR count). The van der Waals surface area contributed by atoms with Gasteiger partial charge in [0, 0.05) is 36.2 Å². The number of nitrogens with zero attached hydrogens (tertiary/aromatic N) is 2. The van der Waals surface area contributed by atoms with Crippen LogP contribution in [0.3, 0.4) is 0 Å². The number of aromatic amines is 1. The van der Waals surface area contributed by atoms with Crippen molar-refractivity contribution in [2.45, 2.75) is 70.9 Å². The molecular formula is C16H25N3O2. The van der Waals surface area contributed by atoms with E-state index in [2.05, 4.69) is 31.9 Å². The summed E-state index contributed by atoms with van der Waals surface area (Å²) in [4.78, 5) is 12.5. The number of rotatable bonds is 5. The first-order valence-electron chi connectivity index (χ1n) is 7.74. The lowest BCUT2D eigenvalue weighted by atomic mass is 9.88. The van der Waals surface area contributed by atoms with Crippen LogP contribution < -0.4 is 5.56 Å². The Morgan fingerprint density at radius 2 is 2.24 bits per heavy atom. The van der Waals surface area contributed by atoms with Crippen LogP contribution in [0.25, 0.3) is 0 Å². The number of aromatic nitrogens is 2. The standard InChI is InChI=1S/C16H25N3O2/c1-16(2,3)14-13(7-4-9-17)15(20)19(18-14)10-8-12-6-5-11-21-12/h12,18H,4-8,10-11H2,1-3H3/t12-/m0/s1. The largest absolute Gasteiger partial charge is 0.378 e. The third-order valence-electron chi connectivity index (χ3n) is 3.99. The molecule has 1 aromatic heterocycles. The van der Waals surface area contributed by atoms with Gasteiger partial charge in [0.1, 0.15) is 0 Å². The highest BCUT2D eigenvalue weighted by Gasteiger charge is 2.24. The summed E-state index contributed by atoms with van der Waals surface area (Å²) in [7, 11) is 0. The number of ether oxygens (including phenoxy) is 1. The highest BCUT2D eigenvalue weighted by Crippen LogP contribution is 2.23. The van der Waals surface area contributed by atoms with Crippen LogP contribution in [0.5, 0.6) is 0 Å². The second-order valence-corrected chi connectivity index (χ2v) is 6.75. The van der Waals surface area contributed by atoms with Crippen molar-refractivity contribution in [1.82, 2.24) is 9.78 Å². The zero-order valence-electron chi connectivity index (χ0n) is 13.2. The van der Waals surface area contributed by atoms with Gasteiger partial charge in [-0.15, -0.1) is 0 Å². The molecule has 0 unspecified atom stereocenters. The van der Waals surface area contributed by atoms with Gasteiger partial charge in [0.05, 0.1) is 12.2 Å². The van der Waals surface area contributed by atoms with Crippen LogP contribution in [0.15, 0.2) is 4.79 Å². The summed E-state index contributed by atoms with van der Waals surface area (Å²) < 4.78 is 7.30. The molecule has 0 spiro atoms. The molecule has 1 aliphatic rings. The lowest BCUT2D eigenvalue weighted by molar-refractivity contribution is 0.0991. The maximum absolute atomic E-state index is 12.5. The summed E-state index contributed by atoms with van der Waals surface area (Å²) in [5.41, 5.74) is 1.61. The Bertz CT molecular complexity index is 566. The zero-order valence-corrected chi connectivity index (χ0v) is 13.2. The van der Waals surface area contributed by atoms with E-state index in [4.69, 9.17) is 10.00 Å². The van der Waals surface area contributed by atoms with Crippen molar-refractivity contribution in [3.63, 3.8) is 0 Å². The van der Waals surface area contributed by atoms with Crippen LogP contribution in [0, 0.1) is 11.3 Å². The van der Waals surface area contributed by atoms with Crippen molar-refractivity contribution < 1.29 is 4.74 Å². The molecule has 0 bridgehead atoms. The first-order valence-corrected chi connectivity index (χ1v) is 7.74. The van der Waals surface area contributed by atoms with Gasteiger partial charge in [-0.3, -0.25) is 14.6 Å². The molecule has 0 aromatic carbocycles. The van der Waals surface area contributed by atoms with Gasteiger partial charge in [0.2, 0.25) is 0 Å². The molecular weight excluding hydrogens is 266 g/mol. The molecule has 1 atom stereocenters. The van der Waals surface area contributed by atoms with E-state index >= 15 is 0 Å².